The quantitative estimate of drug-likeness (QED) is 0.515. The normalized spacial score (nSPS) is 16.2. The standard InChI is InChI=1S/C23H21N5OS/c1-15-14-30-22(24-15)17-9-5-10-18(13-17)23(29)28-12-6-11-19(28)21-25-20(26-27-21)16-7-3-2-4-8-16/h2-5,7-10,13-14,19H,6,11-12H2,1H3,(H,25,26,27)/t19-/m1/s1. The highest BCUT2D eigenvalue weighted by Crippen LogP contribution is 2.33. The van der Waals surface area contributed by atoms with Gasteiger partial charge in [-0.15, -0.1) is 11.3 Å². The number of hydrogen-bond acceptors (Lipinski definition) is 5. The van der Waals surface area contributed by atoms with Crippen LogP contribution in [0.4, 0.5) is 0 Å². The average molecular weight is 416 g/mol. The Labute approximate surface area is 178 Å². The van der Waals surface area contributed by atoms with Crippen LogP contribution < -0.4 is 0 Å². The van der Waals surface area contributed by atoms with E-state index in [1.54, 1.807) is 11.3 Å². The van der Waals surface area contributed by atoms with E-state index in [-0.39, 0.29) is 11.9 Å². The summed E-state index contributed by atoms with van der Waals surface area (Å²) >= 11 is 1.59. The van der Waals surface area contributed by atoms with E-state index in [2.05, 4.69) is 20.2 Å². The molecule has 1 aliphatic rings. The number of nitrogens with zero attached hydrogens (tertiary/aromatic N) is 4. The predicted molar refractivity (Wildman–Crippen MR) is 117 cm³/mol. The summed E-state index contributed by atoms with van der Waals surface area (Å²) < 4.78 is 0. The highest BCUT2D eigenvalue weighted by molar-refractivity contribution is 7.13. The molecule has 0 radical (unpaired) electrons. The largest absolute Gasteiger partial charge is 0.328 e. The van der Waals surface area contributed by atoms with Gasteiger partial charge in [0.2, 0.25) is 0 Å². The van der Waals surface area contributed by atoms with E-state index >= 15 is 0 Å². The Morgan fingerprint density at radius 3 is 2.73 bits per heavy atom. The minimum atomic E-state index is -0.0896. The third-order valence-electron chi connectivity index (χ3n) is 5.34. The Balaban J connectivity index is 1.40. The third kappa shape index (κ3) is 3.52. The van der Waals surface area contributed by atoms with Crippen LogP contribution in [0.15, 0.2) is 60.0 Å². The number of H-pyrrole nitrogens is 1. The zero-order chi connectivity index (χ0) is 20.5. The average Bonchev–Trinajstić information content (AvgIpc) is 3.54. The summed E-state index contributed by atoms with van der Waals surface area (Å²) in [6, 6.07) is 17.5. The number of aromatic amines is 1. The van der Waals surface area contributed by atoms with Gasteiger partial charge in [0.15, 0.2) is 5.82 Å². The Morgan fingerprint density at radius 1 is 1.10 bits per heavy atom. The van der Waals surface area contributed by atoms with Crippen LogP contribution in [0.5, 0.6) is 0 Å². The topological polar surface area (TPSA) is 74.8 Å². The maximum Gasteiger partial charge on any atom is 0.254 e. The van der Waals surface area contributed by atoms with Crippen molar-refractivity contribution in [1.82, 2.24) is 25.1 Å². The highest BCUT2D eigenvalue weighted by atomic mass is 32.1. The van der Waals surface area contributed by atoms with E-state index in [1.165, 1.54) is 0 Å². The fraction of sp³-hybridized carbons (Fsp3) is 0.217. The summed E-state index contributed by atoms with van der Waals surface area (Å²) in [5.41, 5.74) is 3.60. The molecule has 1 amide bonds. The summed E-state index contributed by atoms with van der Waals surface area (Å²) in [7, 11) is 0. The van der Waals surface area contributed by atoms with Crippen LogP contribution in [0.3, 0.4) is 0 Å². The number of nitrogens with one attached hydrogen (secondary N) is 1. The lowest BCUT2D eigenvalue weighted by Crippen LogP contribution is -2.31. The molecule has 5 rings (SSSR count). The number of hydrogen-bond donors (Lipinski definition) is 1. The second kappa shape index (κ2) is 7.84. The van der Waals surface area contributed by atoms with Crippen LogP contribution in [0, 0.1) is 6.92 Å². The van der Waals surface area contributed by atoms with Crippen molar-refractivity contribution in [2.75, 3.05) is 6.54 Å². The van der Waals surface area contributed by atoms with Crippen LogP contribution in [0.25, 0.3) is 22.0 Å². The fourth-order valence-electron chi connectivity index (χ4n) is 3.87. The molecular weight excluding hydrogens is 394 g/mol. The number of likely N-dealkylation sites (tertiary alicyclic amines) is 1. The van der Waals surface area contributed by atoms with E-state index in [1.807, 2.05) is 71.8 Å². The molecule has 3 heterocycles. The van der Waals surface area contributed by atoms with Crippen LogP contribution in [0.1, 0.15) is 40.8 Å². The van der Waals surface area contributed by atoms with Gasteiger partial charge in [0.25, 0.3) is 5.91 Å². The molecule has 0 unspecified atom stereocenters. The van der Waals surface area contributed by atoms with Gasteiger partial charge in [-0.3, -0.25) is 9.89 Å². The molecule has 7 heteroatoms. The molecule has 1 fully saturated rings. The SMILES string of the molecule is Cc1csc(-c2cccc(C(=O)N3CCC[C@@H]3c3nc(-c4ccccc4)n[nH]3)c2)n1. The first kappa shape index (κ1) is 18.7. The minimum absolute atomic E-state index is 0.0188. The van der Waals surface area contributed by atoms with Crippen LogP contribution in [-0.2, 0) is 0 Å². The van der Waals surface area contributed by atoms with Crippen molar-refractivity contribution in [2.24, 2.45) is 0 Å². The van der Waals surface area contributed by atoms with Gasteiger partial charge >= 0.3 is 0 Å². The first-order valence-corrected chi connectivity index (χ1v) is 10.9. The smallest absolute Gasteiger partial charge is 0.254 e. The van der Waals surface area contributed by atoms with E-state index in [9.17, 15) is 4.79 Å². The number of rotatable bonds is 4. The first-order chi connectivity index (χ1) is 14.7. The molecule has 1 N–H and O–H groups in total. The molecule has 2 aromatic carbocycles. The number of amides is 1. The van der Waals surface area contributed by atoms with Gasteiger partial charge in [-0.1, -0.05) is 42.5 Å². The van der Waals surface area contributed by atoms with Crippen molar-refractivity contribution in [3.8, 4) is 22.0 Å². The highest BCUT2D eigenvalue weighted by Gasteiger charge is 2.33. The molecule has 1 aliphatic heterocycles. The lowest BCUT2D eigenvalue weighted by atomic mass is 10.1. The van der Waals surface area contributed by atoms with Gasteiger partial charge in [-0.2, -0.15) is 5.10 Å². The summed E-state index contributed by atoms with van der Waals surface area (Å²) in [4.78, 5) is 24.5. The van der Waals surface area contributed by atoms with E-state index in [0.29, 0.717) is 17.9 Å². The lowest BCUT2D eigenvalue weighted by Gasteiger charge is -2.23. The second-order valence-electron chi connectivity index (χ2n) is 7.44. The zero-order valence-corrected chi connectivity index (χ0v) is 17.4. The van der Waals surface area contributed by atoms with Crippen LogP contribution in [0.2, 0.25) is 0 Å². The number of carbonyl (C=O) groups is 1. The number of aryl methyl sites for hydroxylation is 1. The van der Waals surface area contributed by atoms with Crippen molar-refractivity contribution in [3.05, 3.63) is 77.1 Å². The molecule has 0 saturated carbocycles. The fourth-order valence-corrected chi connectivity index (χ4v) is 4.67. The molecule has 1 saturated heterocycles. The van der Waals surface area contributed by atoms with Crippen LogP contribution in [-0.4, -0.2) is 37.5 Å². The summed E-state index contributed by atoms with van der Waals surface area (Å²) in [6.45, 7) is 2.69. The van der Waals surface area contributed by atoms with Crippen molar-refractivity contribution in [1.29, 1.82) is 0 Å². The maximum absolute atomic E-state index is 13.3. The van der Waals surface area contributed by atoms with E-state index in [0.717, 1.165) is 40.5 Å². The van der Waals surface area contributed by atoms with Crippen molar-refractivity contribution in [2.45, 2.75) is 25.8 Å². The van der Waals surface area contributed by atoms with Gasteiger partial charge in [-0.25, -0.2) is 9.97 Å². The number of thiazole rings is 1. The Morgan fingerprint density at radius 2 is 1.93 bits per heavy atom. The maximum atomic E-state index is 13.3. The second-order valence-corrected chi connectivity index (χ2v) is 8.30. The van der Waals surface area contributed by atoms with Gasteiger partial charge < -0.3 is 4.90 Å². The Hall–Kier alpha value is -3.32. The molecular formula is C23H21N5OS. The monoisotopic (exact) mass is 415 g/mol. The van der Waals surface area contributed by atoms with Crippen molar-refractivity contribution < 1.29 is 4.79 Å². The molecule has 30 heavy (non-hydrogen) atoms. The van der Waals surface area contributed by atoms with Gasteiger partial charge in [-0.05, 0) is 31.9 Å². The summed E-state index contributed by atoms with van der Waals surface area (Å²) in [5.74, 6) is 1.42. The molecule has 2 aromatic heterocycles. The van der Waals surface area contributed by atoms with Crippen molar-refractivity contribution >= 4 is 17.2 Å². The summed E-state index contributed by atoms with van der Waals surface area (Å²) in [5, 5.41) is 10.4. The molecule has 150 valence electrons. The summed E-state index contributed by atoms with van der Waals surface area (Å²) in [6.07, 6.45) is 1.82. The molecule has 0 spiro atoms. The van der Waals surface area contributed by atoms with E-state index < -0.39 is 0 Å². The molecule has 6 nitrogen and oxygen atoms in total. The third-order valence-corrected chi connectivity index (χ3v) is 6.35. The predicted octanol–water partition coefficient (Wildman–Crippen LogP) is 4.88. The first-order valence-electron chi connectivity index (χ1n) is 10.0. The Kier molecular flexibility index (Phi) is 4.88. The lowest BCUT2D eigenvalue weighted by molar-refractivity contribution is 0.0730. The molecule has 0 aliphatic carbocycles. The molecule has 4 aromatic rings. The van der Waals surface area contributed by atoms with Gasteiger partial charge in [0.05, 0.1) is 6.04 Å². The van der Waals surface area contributed by atoms with Crippen LogP contribution >= 0.6 is 11.3 Å². The van der Waals surface area contributed by atoms with Gasteiger partial charge in [0, 0.05) is 34.3 Å². The number of aromatic nitrogens is 4. The Bertz CT molecular complexity index is 1180. The van der Waals surface area contributed by atoms with E-state index in [4.69, 9.17) is 0 Å². The zero-order valence-electron chi connectivity index (χ0n) is 16.6. The number of carbonyl (C=O) groups excluding carboxylic acids is 1. The van der Waals surface area contributed by atoms with Crippen molar-refractivity contribution in [3.63, 3.8) is 0 Å². The minimum Gasteiger partial charge on any atom is -0.328 e. The molecule has 1 atom stereocenters. The van der Waals surface area contributed by atoms with Gasteiger partial charge in [0.1, 0.15) is 10.8 Å². The number of benzene rings is 2. The molecule has 0 bridgehead atoms.